The monoisotopic (exact) mass is 625 g/mol. The molecule has 1 aliphatic rings. The van der Waals surface area contributed by atoms with E-state index >= 15 is 0 Å². The Morgan fingerprint density at radius 3 is 2.06 bits per heavy atom. The number of hydrogen-bond donors (Lipinski definition) is 2. The van der Waals surface area contributed by atoms with Crippen molar-refractivity contribution in [3.63, 3.8) is 0 Å². The third-order valence-electron chi connectivity index (χ3n) is 8.90. The van der Waals surface area contributed by atoms with Crippen LogP contribution >= 0.6 is 11.6 Å². The van der Waals surface area contributed by atoms with E-state index in [4.69, 9.17) is 21.6 Å². The minimum atomic E-state index is -0.326. The van der Waals surface area contributed by atoms with Crippen LogP contribution < -0.4 is 10.6 Å². The van der Waals surface area contributed by atoms with E-state index in [1.165, 1.54) is 16.2 Å². The van der Waals surface area contributed by atoms with Gasteiger partial charge in [0.2, 0.25) is 5.96 Å². The average Bonchev–Trinajstić information content (AvgIpc) is 3.48. The smallest absolute Gasteiger partial charge is 0.234 e. The van der Waals surface area contributed by atoms with E-state index in [9.17, 15) is 0 Å². The maximum atomic E-state index is 6.66. The molecule has 0 radical (unpaired) electrons. The van der Waals surface area contributed by atoms with Crippen molar-refractivity contribution < 1.29 is 0 Å². The first-order valence-corrected chi connectivity index (χ1v) is 16.0. The zero-order valence-corrected chi connectivity index (χ0v) is 26.0. The van der Waals surface area contributed by atoms with Gasteiger partial charge in [0, 0.05) is 27.4 Å². The molecule has 0 aliphatic carbocycles. The maximum Gasteiger partial charge on any atom is 0.234 e. The van der Waals surface area contributed by atoms with Crippen molar-refractivity contribution in [3.8, 4) is 0 Å². The molecule has 1 aromatic heterocycles. The van der Waals surface area contributed by atoms with Crippen LogP contribution in [0.15, 0.2) is 162 Å². The summed E-state index contributed by atoms with van der Waals surface area (Å²) in [5, 5.41) is 14.9. The zero-order chi connectivity index (χ0) is 31.3. The zero-order valence-electron chi connectivity index (χ0n) is 25.2. The second-order valence-corrected chi connectivity index (χ2v) is 12.1. The minimum absolute atomic E-state index is 0.326. The first-order valence-electron chi connectivity index (χ1n) is 15.7. The highest BCUT2D eigenvalue weighted by Gasteiger charge is 2.25. The van der Waals surface area contributed by atoms with Crippen molar-refractivity contribution in [1.29, 1.82) is 0 Å². The van der Waals surface area contributed by atoms with Gasteiger partial charge in [0.1, 0.15) is 12.0 Å². The van der Waals surface area contributed by atoms with E-state index < -0.39 is 0 Å². The van der Waals surface area contributed by atoms with Gasteiger partial charge >= 0.3 is 0 Å². The SMILES string of the molecule is Clc1ccccc1Nc1cc2c(c3ccccc13)c1c3ccccc3ccc1n2C1=NC(c2ccccc2)NC(c2ccccc2)=N1. The van der Waals surface area contributed by atoms with Crippen molar-refractivity contribution in [3.05, 3.63) is 168 Å². The quantitative estimate of drug-likeness (QED) is 0.204. The molecular weight excluding hydrogens is 598 g/mol. The second-order valence-electron chi connectivity index (χ2n) is 11.7. The molecule has 0 fully saturated rings. The molecule has 224 valence electrons. The standard InChI is InChI=1S/C41H28ClN5/c42-32-21-11-12-22-33(32)43-34-25-36-38(31-20-10-9-19-30(31)34)37-29-18-8-7-13-26(29)23-24-35(37)47(36)41-45-39(27-14-3-1-4-15-27)44-40(46-41)28-16-5-2-6-17-28/h1-25,39,43H,(H,44,45,46). The fourth-order valence-electron chi connectivity index (χ4n) is 6.75. The van der Waals surface area contributed by atoms with Crippen molar-refractivity contribution >= 4 is 78.1 Å². The lowest BCUT2D eigenvalue weighted by atomic mass is 9.98. The lowest BCUT2D eigenvalue weighted by molar-refractivity contribution is 0.668. The minimum Gasteiger partial charge on any atom is -0.354 e. The Hall–Kier alpha value is -5.91. The highest BCUT2D eigenvalue weighted by molar-refractivity contribution is 6.34. The van der Waals surface area contributed by atoms with Gasteiger partial charge in [0.25, 0.3) is 0 Å². The second kappa shape index (κ2) is 11.2. The number of para-hydroxylation sites is 1. The first-order chi connectivity index (χ1) is 23.2. The number of rotatable bonds is 4. The molecule has 0 amide bonds. The van der Waals surface area contributed by atoms with Crippen LogP contribution in [0.2, 0.25) is 5.02 Å². The van der Waals surface area contributed by atoms with Crippen molar-refractivity contribution in [2.75, 3.05) is 5.32 Å². The van der Waals surface area contributed by atoms with Crippen LogP contribution in [-0.2, 0) is 0 Å². The Bertz CT molecular complexity index is 2530. The van der Waals surface area contributed by atoms with Crippen LogP contribution in [0.5, 0.6) is 0 Å². The van der Waals surface area contributed by atoms with Crippen LogP contribution in [-0.4, -0.2) is 16.4 Å². The van der Waals surface area contributed by atoms with E-state index in [0.717, 1.165) is 55.5 Å². The Morgan fingerprint density at radius 2 is 1.26 bits per heavy atom. The van der Waals surface area contributed by atoms with Gasteiger partial charge < -0.3 is 10.6 Å². The maximum absolute atomic E-state index is 6.66. The first kappa shape index (κ1) is 27.4. The van der Waals surface area contributed by atoms with Crippen molar-refractivity contribution in [2.24, 2.45) is 9.98 Å². The van der Waals surface area contributed by atoms with Crippen LogP contribution in [0, 0.1) is 0 Å². The van der Waals surface area contributed by atoms with Crippen LogP contribution in [0.4, 0.5) is 11.4 Å². The van der Waals surface area contributed by atoms with Gasteiger partial charge in [-0.2, -0.15) is 4.99 Å². The predicted octanol–water partition coefficient (Wildman–Crippen LogP) is 10.5. The molecule has 5 nitrogen and oxygen atoms in total. The third-order valence-corrected chi connectivity index (χ3v) is 9.23. The molecule has 1 unspecified atom stereocenters. The largest absolute Gasteiger partial charge is 0.354 e. The highest BCUT2D eigenvalue weighted by atomic mass is 35.5. The van der Waals surface area contributed by atoms with Crippen LogP contribution in [0.3, 0.4) is 0 Å². The lowest BCUT2D eigenvalue weighted by Crippen LogP contribution is -2.35. The Kier molecular flexibility index (Phi) is 6.51. The number of aromatic nitrogens is 1. The fourth-order valence-corrected chi connectivity index (χ4v) is 6.93. The van der Waals surface area contributed by atoms with E-state index in [2.05, 4.69) is 106 Å². The number of benzene rings is 7. The molecular formula is C41H28ClN5. The topological polar surface area (TPSA) is 53.7 Å². The van der Waals surface area contributed by atoms with E-state index in [0.29, 0.717) is 11.0 Å². The molecule has 7 aromatic carbocycles. The van der Waals surface area contributed by atoms with Crippen molar-refractivity contribution in [1.82, 2.24) is 9.88 Å². The average molecular weight is 626 g/mol. The fraction of sp³-hybridized carbons (Fsp3) is 0.0244. The molecule has 47 heavy (non-hydrogen) atoms. The summed E-state index contributed by atoms with van der Waals surface area (Å²) in [5.41, 5.74) is 5.91. The van der Waals surface area contributed by atoms with E-state index in [-0.39, 0.29) is 6.17 Å². The van der Waals surface area contributed by atoms with Gasteiger partial charge in [-0.15, -0.1) is 0 Å². The van der Waals surface area contributed by atoms with Gasteiger partial charge in [0.15, 0.2) is 0 Å². The highest BCUT2D eigenvalue weighted by Crippen LogP contribution is 2.43. The Balaban J connectivity index is 1.40. The molecule has 9 rings (SSSR count). The summed E-state index contributed by atoms with van der Waals surface area (Å²) in [4.78, 5) is 10.5. The third kappa shape index (κ3) is 4.63. The van der Waals surface area contributed by atoms with Gasteiger partial charge in [0.05, 0.1) is 21.7 Å². The molecule has 6 heteroatoms. The molecule has 0 saturated heterocycles. The molecule has 1 aliphatic heterocycles. The van der Waals surface area contributed by atoms with E-state index in [1.807, 2.05) is 60.7 Å². The number of nitrogens with one attached hydrogen (secondary N) is 2. The molecule has 8 aromatic rings. The number of fused-ring (bicyclic) bond motifs is 7. The summed E-state index contributed by atoms with van der Waals surface area (Å²) in [6, 6.07) is 52.2. The predicted molar refractivity (Wildman–Crippen MR) is 197 cm³/mol. The summed E-state index contributed by atoms with van der Waals surface area (Å²) in [5.74, 6) is 1.39. The number of halogens is 1. The number of amidine groups is 1. The lowest BCUT2D eigenvalue weighted by Gasteiger charge is -2.24. The number of aliphatic imine (C=N–C) groups is 2. The molecule has 2 heterocycles. The molecule has 2 N–H and O–H groups in total. The molecule has 0 spiro atoms. The van der Waals surface area contributed by atoms with Gasteiger partial charge in [-0.25, -0.2) is 4.99 Å². The number of hydrogen-bond acceptors (Lipinski definition) is 4. The van der Waals surface area contributed by atoms with Gasteiger partial charge in [-0.05, 0) is 46.0 Å². The van der Waals surface area contributed by atoms with E-state index in [1.54, 1.807) is 0 Å². The summed E-state index contributed by atoms with van der Waals surface area (Å²) >= 11 is 6.66. The summed E-state index contributed by atoms with van der Waals surface area (Å²) < 4.78 is 2.22. The van der Waals surface area contributed by atoms with Crippen molar-refractivity contribution in [2.45, 2.75) is 6.17 Å². The summed E-state index contributed by atoms with van der Waals surface area (Å²) in [6.07, 6.45) is -0.326. The number of nitrogens with zero attached hydrogens (tertiary/aromatic N) is 3. The van der Waals surface area contributed by atoms with Crippen LogP contribution in [0.1, 0.15) is 17.3 Å². The van der Waals surface area contributed by atoms with Gasteiger partial charge in [-0.1, -0.05) is 139 Å². The Morgan fingerprint density at radius 1 is 0.596 bits per heavy atom. The van der Waals surface area contributed by atoms with Gasteiger partial charge in [-0.3, -0.25) is 4.57 Å². The normalized spacial score (nSPS) is 14.7. The molecule has 1 atom stereocenters. The summed E-state index contributed by atoms with van der Waals surface area (Å²) in [7, 11) is 0. The Labute approximate surface area is 276 Å². The molecule has 0 bridgehead atoms. The molecule has 0 saturated carbocycles. The van der Waals surface area contributed by atoms with Crippen LogP contribution in [0.25, 0.3) is 43.4 Å². The number of anilines is 2. The summed E-state index contributed by atoms with van der Waals surface area (Å²) in [6.45, 7) is 0.